The van der Waals surface area contributed by atoms with E-state index in [2.05, 4.69) is 72.9 Å². The van der Waals surface area contributed by atoms with Gasteiger partial charge in [-0.15, -0.1) is 0 Å². The average Bonchev–Trinajstić information content (AvgIpc) is 2.63. The fourth-order valence-electron chi connectivity index (χ4n) is 3.52. The Morgan fingerprint density at radius 3 is 2.38 bits per heavy atom. The molecule has 0 saturated carbocycles. The Balaban J connectivity index is 2.15. The third-order valence-corrected chi connectivity index (χ3v) is 4.74. The van der Waals surface area contributed by atoms with Crippen LogP contribution in [-0.4, -0.2) is 7.05 Å². The summed E-state index contributed by atoms with van der Waals surface area (Å²) < 4.78 is 0. The molecule has 0 amide bonds. The second kappa shape index (κ2) is 8.12. The summed E-state index contributed by atoms with van der Waals surface area (Å²) in [6.07, 6.45) is 4.67. The first kappa shape index (κ1) is 16.7. The highest BCUT2D eigenvalue weighted by Gasteiger charge is 2.13. The summed E-state index contributed by atoms with van der Waals surface area (Å²) in [4.78, 5) is 0. The van der Waals surface area contributed by atoms with Gasteiger partial charge in [-0.25, -0.2) is 0 Å². The molecule has 1 N–H and O–H groups in total. The summed E-state index contributed by atoms with van der Waals surface area (Å²) in [5, 5.41) is 6.14. The van der Waals surface area contributed by atoms with Gasteiger partial charge in [0.25, 0.3) is 0 Å². The SMILES string of the molecule is CCCCc1cc2ccccc2c(CNC)c1Cc1ccccc1. The van der Waals surface area contributed by atoms with Gasteiger partial charge >= 0.3 is 0 Å². The highest BCUT2D eigenvalue weighted by molar-refractivity contribution is 5.88. The van der Waals surface area contributed by atoms with Crippen molar-refractivity contribution >= 4 is 10.8 Å². The number of hydrogen-bond acceptors (Lipinski definition) is 1. The number of hydrogen-bond donors (Lipinski definition) is 1. The lowest BCUT2D eigenvalue weighted by atomic mass is 9.88. The largest absolute Gasteiger partial charge is 0.316 e. The molecule has 124 valence electrons. The second-order valence-corrected chi connectivity index (χ2v) is 6.51. The lowest BCUT2D eigenvalue weighted by Crippen LogP contribution is -2.11. The minimum atomic E-state index is 0.919. The van der Waals surface area contributed by atoms with Crippen LogP contribution in [0.3, 0.4) is 0 Å². The fourth-order valence-corrected chi connectivity index (χ4v) is 3.52. The molecule has 0 atom stereocenters. The zero-order valence-corrected chi connectivity index (χ0v) is 14.8. The van der Waals surface area contributed by atoms with Crippen LogP contribution in [0.5, 0.6) is 0 Å². The van der Waals surface area contributed by atoms with Crippen molar-refractivity contribution < 1.29 is 0 Å². The normalized spacial score (nSPS) is 11.1. The van der Waals surface area contributed by atoms with Gasteiger partial charge in [0.05, 0.1) is 0 Å². The lowest BCUT2D eigenvalue weighted by molar-refractivity contribution is 0.776. The highest BCUT2D eigenvalue weighted by Crippen LogP contribution is 2.29. The van der Waals surface area contributed by atoms with E-state index in [1.54, 1.807) is 0 Å². The standard InChI is InChI=1S/C23H27N/c1-3-4-12-20-16-19-13-8-9-14-21(19)23(17-24-2)22(20)15-18-10-6-5-7-11-18/h5-11,13-14,16,24H,3-4,12,15,17H2,1-2H3. The molecule has 0 aliphatic carbocycles. The quantitative estimate of drug-likeness (QED) is 0.607. The van der Waals surface area contributed by atoms with Crippen molar-refractivity contribution in [2.75, 3.05) is 7.05 Å². The van der Waals surface area contributed by atoms with Gasteiger partial charge in [-0.2, -0.15) is 0 Å². The van der Waals surface area contributed by atoms with E-state index in [4.69, 9.17) is 0 Å². The molecular weight excluding hydrogens is 290 g/mol. The van der Waals surface area contributed by atoms with Crippen LogP contribution in [0.2, 0.25) is 0 Å². The molecule has 0 bridgehead atoms. The van der Waals surface area contributed by atoms with E-state index >= 15 is 0 Å². The maximum absolute atomic E-state index is 3.39. The smallest absolute Gasteiger partial charge is 0.0211 e. The predicted molar refractivity (Wildman–Crippen MR) is 105 cm³/mol. The molecule has 0 fully saturated rings. The maximum Gasteiger partial charge on any atom is 0.0211 e. The molecule has 0 aliphatic rings. The Morgan fingerprint density at radius 2 is 1.62 bits per heavy atom. The van der Waals surface area contributed by atoms with Gasteiger partial charge in [0.1, 0.15) is 0 Å². The number of nitrogens with one attached hydrogen (secondary N) is 1. The van der Waals surface area contributed by atoms with Crippen molar-refractivity contribution in [2.45, 2.75) is 39.2 Å². The Labute approximate surface area is 145 Å². The first-order valence-electron chi connectivity index (χ1n) is 9.04. The van der Waals surface area contributed by atoms with E-state index in [0.717, 1.165) is 13.0 Å². The molecule has 3 rings (SSSR count). The summed E-state index contributed by atoms with van der Waals surface area (Å²) in [5.41, 5.74) is 5.89. The van der Waals surface area contributed by atoms with Gasteiger partial charge in [0.2, 0.25) is 0 Å². The topological polar surface area (TPSA) is 12.0 Å². The Kier molecular flexibility index (Phi) is 5.66. The van der Waals surface area contributed by atoms with Gasteiger partial charge in [0.15, 0.2) is 0 Å². The number of benzene rings is 3. The fraction of sp³-hybridized carbons (Fsp3) is 0.304. The Bertz CT molecular complexity index is 790. The zero-order chi connectivity index (χ0) is 16.8. The molecule has 0 heterocycles. The van der Waals surface area contributed by atoms with Crippen molar-refractivity contribution in [1.82, 2.24) is 5.32 Å². The Hall–Kier alpha value is -2.12. The maximum atomic E-state index is 3.39. The summed E-state index contributed by atoms with van der Waals surface area (Å²) in [7, 11) is 2.04. The molecule has 0 radical (unpaired) electrons. The van der Waals surface area contributed by atoms with E-state index in [1.807, 2.05) is 7.05 Å². The number of rotatable bonds is 7. The first-order chi connectivity index (χ1) is 11.8. The van der Waals surface area contributed by atoms with Crippen molar-refractivity contribution in [1.29, 1.82) is 0 Å². The van der Waals surface area contributed by atoms with Crippen molar-refractivity contribution in [3.8, 4) is 0 Å². The predicted octanol–water partition coefficient (Wildman–Crippen LogP) is 5.49. The molecule has 1 heteroatoms. The molecule has 0 spiro atoms. The van der Waals surface area contributed by atoms with Crippen LogP contribution >= 0.6 is 0 Å². The molecule has 1 nitrogen and oxygen atoms in total. The van der Waals surface area contributed by atoms with Gasteiger partial charge in [-0.3, -0.25) is 0 Å². The molecule has 0 saturated heterocycles. The monoisotopic (exact) mass is 317 g/mol. The summed E-state index contributed by atoms with van der Waals surface area (Å²) in [6, 6.07) is 22.1. The second-order valence-electron chi connectivity index (χ2n) is 6.51. The van der Waals surface area contributed by atoms with Gasteiger partial charge < -0.3 is 5.32 Å². The van der Waals surface area contributed by atoms with Crippen LogP contribution < -0.4 is 5.32 Å². The zero-order valence-electron chi connectivity index (χ0n) is 14.8. The number of aryl methyl sites for hydroxylation is 1. The van der Waals surface area contributed by atoms with Gasteiger partial charge in [-0.05, 0) is 59.3 Å². The van der Waals surface area contributed by atoms with Crippen LogP contribution in [0.15, 0.2) is 60.7 Å². The van der Waals surface area contributed by atoms with Crippen molar-refractivity contribution in [3.05, 3.63) is 82.9 Å². The van der Waals surface area contributed by atoms with Crippen molar-refractivity contribution in [3.63, 3.8) is 0 Å². The summed E-state index contributed by atoms with van der Waals surface area (Å²) >= 11 is 0. The third kappa shape index (κ3) is 3.68. The van der Waals surface area contributed by atoms with E-state index in [0.29, 0.717) is 0 Å². The van der Waals surface area contributed by atoms with Crippen LogP contribution in [0.1, 0.15) is 42.0 Å². The van der Waals surface area contributed by atoms with Gasteiger partial charge in [-0.1, -0.05) is 74.0 Å². The minimum Gasteiger partial charge on any atom is -0.316 e. The molecule has 0 aliphatic heterocycles. The third-order valence-electron chi connectivity index (χ3n) is 4.74. The van der Waals surface area contributed by atoms with Crippen LogP contribution in [0, 0.1) is 0 Å². The van der Waals surface area contributed by atoms with E-state index < -0.39 is 0 Å². The summed E-state index contributed by atoms with van der Waals surface area (Å²) in [5.74, 6) is 0. The molecule has 24 heavy (non-hydrogen) atoms. The molecular formula is C23H27N. The van der Waals surface area contributed by atoms with Gasteiger partial charge in [0, 0.05) is 6.54 Å². The lowest BCUT2D eigenvalue weighted by Gasteiger charge is -2.18. The summed E-state index contributed by atoms with van der Waals surface area (Å²) in [6.45, 7) is 3.19. The molecule has 3 aromatic carbocycles. The van der Waals surface area contributed by atoms with Crippen LogP contribution in [0.25, 0.3) is 10.8 Å². The van der Waals surface area contributed by atoms with E-state index in [1.165, 1.54) is 52.3 Å². The molecule has 3 aromatic rings. The van der Waals surface area contributed by atoms with E-state index in [9.17, 15) is 0 Å². The van der Waals surface area contributed by atoms with Crippen LogP contribution in [0.4, 0.5) is 0 Å². The highest BCUT2D eigenvalue weighted by atomic mass is 14.8. The van der Waals surface area contributed by atoms with E-state index in [-0.39, 0.29) is 0 Å². The molecule has 0 unspecified atom stereocenters. The average molecular weight is 317 g/mol. The number of fused-ring (bicyclic) bond motifs is 1. The molecule has 0 aromatic heterocycles. The van der Waals surface area contributed by atoms with Crippen LogP contribution in [-0.2, 0) is 19.4 Å². The van der Waals surface area contributed by atoms with Crippen molar-refractivity contribution in [2.24, 2.45) is 0 Å². The Morgan fingerprint density at radius 1 is 0.875 bits per heavy atom. The first-order valence-corrected chi connectivity index (χ1v) is 9.04. The number of unbranched alkanes of at least 4 members (excludes halogenated alkanes) is 1. The minimum absolute atomic E-state index is 0.919.